The molecule has 0 aromatic heterocycles. The Morgan fingerprint density at radius 3 is 0.922 bits per heavy atom. The molecule has 22 nitrogen and oxygen atoms in total. The third-order valence-electron chi connectivity index (χ3n) is 23.5. The highest BCUT2D eigenvalue weighted by atomic mass is 19.4. The predicted octanol–water partition coefficient (Wildman–Crippen LogP) is 18.1. The second-order valence-electron chi connectivity index (χ2n) is 31.0. The van der Waals surface area contributed by atoms with Gasteiger partial charge in [-0.2, -0.15) is 79.0 Å². The second-order valence-corrected chi connectivity index (χ2v) is 31.0. The Bertz CT molecular complexity index is 6820. The third kappa shape index (κ3) is 12.8. The van der Waals surface area contributed by atoms with E-state index >= 15 is 52.7 Å². The predicted molar refractivity (Wildman–Crippen MR) is 415 cm³/mol. The van der Waals surface area contributed by atoms with E-state index in [1.807, 2.05) is 0 Å². The monoisotopic (exact) mass is 1800 g/mol. The van der Waals surface area contributed by atoms with Gasteiger partial charge < -0.3 is 15.3 Å². The number of aromatic hydroxyl groups is 2. The van der Waals surface area contributed by atoms with Crippen LogP contribution in [0.4, 0.5) is 107 Å². The maximum atomic E-state index is 15.6. The van der Waals surface area contributed by atoms with Crippen LogP contribution in [0.15, 0.2) is 170 Å². The highest BCUT2D eigenvalue weighted by Crippen LogP contribution is 2.61. The molecule has 0 unspecified atom stereocenters. The number of nitrogens with zero attached hydrogens (tertiary/aromatic N) is 6. The fourth-order valence-corrected chi connectivity index (χ4v) is 17.1. The molecular formula is C89H52F18N6O16. The standard InChI is InChI=1S/C48H29F12N3O8.C41H23F6N3O8/c1-19-12-23(42(70)71)15-27(13-19)61-36(64)28-10-7-25(17-32(28)39(61)67)44(47(55,56)57,48(58,59)60)26-8-11-30-33(18-26)41(69)63(38(30)66)35-21(3)14-20(2)34(22(35)4)62-37(65)29-9-6-24(16-31(29)40(62)68)43(5,45(49,50)51)46(52,53)54;1-18-3-8-24-26(13-18)37(57)49(35(24)55)29-11-4-19(14-31(29)51)20-5-12-30(32(52)15-20)50-36(56)25-10-7-22(17-28(25)38(50)58)39(40(42,43)44,41(45,46)47)21-6-9-23-27(16-21)34(54)48(2)33(23)53/h6-18H,1-5H3,(H,70,71);3-17,51-52H,1-2H3. The minimum absolute atomic E-state index is 0.000304. The normalized spacial score (nSPS) is 15.5. The molecule has 0 spiro atoms. The maximum absolute atomic E-state index is 15.6. The Morgan fingerprint density at radius 1 is 0.287 bits per heavy atom. The molecular weight excluding hydrogens is 1750 g/mol. The van der Waals surface area contributed by atoms with Gasteiger partial charge in [-0.25, -0.2) is 29.3 Å². The summed E-state index contributed by atoms with van der Waals surface area (Å²) in [5.41, 5.74) is -30.4. The molecule has 129 heavy (non-hydrogen) atoms. The lowest BCUT2D eigenvalue weighted by molar-refractivity contribution is -0.297. The molecule has 6 aliphatic rings. The van der Waals surface area contributed by atoms with Gasteiger partial charge in [-0.1, -0.05) is 60.2 Å². The quantitative estimate of drug-likeness (QED) is 0.0756. The fourth-order valence-electron chi connectivity index (χ4n) is 17.1. The number of aromatic carboxylic acids is 1. The van der Waals surface area contributed by atoms with E-state index in [1.54, 1.807) is 19.1 Å². The molecule has 16 rings (SSSR count). The molecule has 10 aromatic carbocycles. The minimum atomic E-state index is -6.36. The smallest absolute Gasteiger partial charge is 0.411 e. The van der Waals surface area contributed by atoms with Crippen molar-refractivity contribution in [2.24, 2.45) is 0 Å². The SMILES string of the molecule is Cc1cc(C(=O)O)cc(N2C(=O)c3ccc(C(c4ccc5c(c4)C(=O)N(c4c(C)cc(C)c(N6C(=O)c7ccc(C(C)(C(F)(F)F)C(F)(F)F)cc7C6=O)c4C)C5=O)(C(F)(F)F)C(F)(F)F)cc3C2=O)c1.Cc1ccc2c(c1)C(=O)N(c1ccc(-c3ccc(N4C(=O)c5ccc(C(c6ccc7c(c6)C(=O)N(C)C7=O)(C(F)(F)F)C(F)(F)F)cc5C4=O)c(O)c3)cc1O)C2=O. The van der Waals surface area contributed by atoms with Gasteiger partial charge in [0.25, 0.3) is 70.9 Å². The minimum Gasteiger partial charge on any atom is -0.506 e. The summed E-state index contributed by atoms with van der Waals surface area (Å²) in [5, 5.41) is 31.4. The first-order chi connectivity index (χ1) is 59.8. The van der Waals surface area contributed by atoms with Crippen LogP contribution < -0.4 is 24.5 Å². The third-order valence-corrected chi connectivity index (χ3v) is 23.5. The van der Waals surface area contributed by atoms with Crippen molar-refractivity contribution in [1.29, 1.82) is 0 Å². The highest BCUT2D eigenvalue weighted by Gasteiger charge is 2.75. The second kappa shape index (κ2) is 29.2. The number of carboxylic acids is 1. The van der Waals surface area contributed by atoms with E-state index in [0.717, 1.165) is 42.6 Å². The van der Waals surface area contributed by atoms with E-state index in [1.165, 1.54) is 69.3 Å². The van der Waals surface area contributed by atoms with Crippen LogP contribution in [-0.2, 0) is 16.2 Å². The fraction of sp³-hybridized carbons (Fsp3) is 0.180. The molecule has 0 atom stereocenters. The van der Waals surface area contributed by atoms with Crippen molar-refractivity contribution in [2.45, 2.75) is 94.8 Å². The molecule has 660 valence electrons. The largest absolute Gasteiger partial charge is 0.506 e. The van der Waals surface area contributed by atoms with Crippen LogP contribution in [0.25, 0.3) is 11.1 Å². The van der Waals surface area contributed by atoms with Crippen molar-refractivity contribution >= 4 is 105 Å². The average Bonchev–Trinajstić information content (AvgIpc) is 1.68. The van der Waals surface area contributed by atoms with E-state index < -0.39 is 248 Å². The Hall–Kier alpha value is -15.2. The zero-order valence-electron chi connectivity index (χ0n) is 66.3. The average molecular weight is 1800 g/mol. The Labute approximate surface area is 711 Å². The van der Waals surface area contributed by atoms with Crippen LogP contribution in [0, 0.1) is 34.6 Å². The molecule has 3 N–H and O–H groups in total. The number of halogens is 18. The van der Waals surface area contributed by atoms with Crippen molar-refractivity contribution in [3.05, 3.63) is 298 Å². The van der Waals surface area contributed by atoms with Gasteiger partial charge in [0.1, 0.15) is 11.5 Å². The summed E-state index contributed by atoms with van der Waals surface area (Å²) in [7, 11) is 1.01. The molecule has 0 fully saturated rings. The number of hydrogen-bond acceptors (Lipinski definition) is 15. The van der Waals surface area contributed by atoms with E-state index in [4.69, 9.17) is 0 Å². The van der Waals surface area contributed by atoms with Gasteiger partial charge in [-0.05, 0) is 218 Å². The number of rotatable bonds is 12. The molecule has 0 bridgehead atoms. The van der Waals surface area contributed by atoms with Crippen LogP contribution in [0.1, 0.15) is 197 Å². The molecule has 0 aliphatic carbocycles. The maximum Gasteiger partial charge on any atom is 0.411 e. The van der Waals surface area contributed by atoms with Crippen molar-refractivity contribution in [1.82, 2.24) is 4.90 Å². The Morgan fingerprint density at radius 2 is 0.574 bits per heavy atom. The number of fused-ring (bicyclic) bond motifs is 6. The van der Waals surface area contributed by atoms with Gasteiger partial charge in [0.05, 0.1) is 101 Å². The van der Waals surface area contributed by atoms with Gasteiger partial charge in [0.2, 0.25) is 10.8 Å². The van der Waals surface area contributed by atoms with Crippen molar-refractivity contribution in [2.75, 3.05) is 31.5 Å². The molecule has 40 heteroatoms. The van der Waals surface area contributed by atoms with E-state index in [-0.39, 0.29) is 93.1 Å². The summed E-state index contributed by atoms with van der Waals surface area (Å²) in [5.74, 6) is -16.8. The van der Waals surface area contributed by atoms with Crippen molar-refractivity contribution in [3.63, 3.8) is 0 Å². The molecule has 10 aromatic rings. The number of carbonyl (C=O) groups is 13. The molecule has 6 heterocycles. The number of benzene rings is 10. The van der Waals surface area contributed by atoms with Gasteiger partial charge in [0, 0.05) is 7.05 Å². The number of hydrogen-bond donors (Lipinski definition) is 3. The Balaban J connectivity index is 0.000000202. The molecule has 12 amide bonds. The molecule has 0 saturated heterocycles. The van der Waals surface area contributed by atoms with E-state index in [2.05, 4.69) is 0 Å². The van der Waals surface area contributed by atoms with E-state index in [9.17, 15) is 104 Å². The van der Waals surface area contributed by atoms with E-state index in [0.29, 0.717) is 85.2 Å². The summed E-state index contributed by atoms with van der Waals surface area (Å²) in [6.45, 7) is 6.71. The van der Waals surface area contributed by atoms with Gasteiger partial charge in [-0.3, -0.25) is 62.4 Å². The first-order valence-corrected chi connectivity index (χ1v) is 37.4. The van der Waals surface area contributed by atoms with Crippen molar-refractivity contribution < 1.29 is 157 Å². The summed E-state index contributed by atoms with van der Waals surface area (Å²) in [4.78, 5) is 176. The molecule has 0 saturated carbocycles. The summed E-state index contributed by atoms with van der Waals surface area (Å²) >= 11 is 0. The van der Waals surface area contributed by atoms with Gasteiger partial charge in [0.15, 0.2) is 5.41 Å². The number of amides is 12. The highest BCUT2D eigenvalue weighted by molar-refractivity contribution is 6.39. The van der Waals surface area contributed by atoms with Crippen molar-refractivity contribution in [3.8, 4) is 22.6 Å². The number of alkyl halides is 18. The van der Waals surface area contributed by atoms with Crippen LogP contribution in [-0.4, -0.2) is 141 Å². The zero-order chi connectivity index (χ0) is 94.7. The lowest BCUT2D eigenvalue weighted by Gasteiger charge is -2.38. The number of carbonyl (C=O) groups excluding carboxylic acids is 12. The number of anilines is 5. The number of imide groups is 6. The lowest BCUT2D eigenvalue weighted by atomic mass is 9.71. The first kappa shape index (κ1) is 88.7. The van der Waals surface area contributed by atoms with Crippen LogP contribution in [0.2, 0.25) is 0 Å². The lowest BCUT2D eigenvalue weighted by Crippen LogP contribution is -2.55. The molecule has 6 aliphatic heterocycles. The topological polar surface area (TPSA) is 302 Å². The summed E-state index contributed by atoms with van der Waals surface area (Å²) in [6, 6.07) is 22.4. The molecule has 0 radical (unpaired) electrons. The van der Waals surface area contributed by atoms with Gasteiger partial charge in [-0.15, -0.1) is 0 Å². The van der Waals surface area contributed by atoms with Gasteiger partial charge >= 0.3 is 43.0 Å². The zero-order valence-corrected chi connectivity index (χ0v) is 66.3. The number of aryl methyl sites for hydroxylation is 4. The number of carboxylic acid groups (broad SMARTS) is 1. The van der Waals surface area contributed by atoms with Crippen LogP contribution in [0.5, 0.6) is 11.5 Å². The summed E-state index contributed by atoms with van der Waals surface area (Å²) < 4.78 is 268. The van der Waals surface area contributed by atoms with Crippen LogP contribution >= 0.6 is 0 Å². The number of phenolic OH excluding ortho intramolecular Hbond substituents is 2. The Kier molecular flexibility index (Phi) is 20.1. The van der Waals surface area contributed by atoms with Crippen LogP contribution in [0.3, 0.4) is 0 Å². The summed E-state index contributed by atoms with van der Waals surface area (Å²) in [6.07, 6.45) is -36.9. The number of phenols is 2. The first-order valence-electron chi connectivity index (χ1n) is 37.4.